The SMILES string of the molecule is CC(c1ccc(C(=O)N(C2CCCCC2)C2CC2)cc1)C(F)(F)F.Fc1cccnc1. The number of rotatable bonds is 4. The van der Waals surface area contributed by atoms with Gasteiger partial charge < -0.3 is 4.90 Å². The molecule has 2 aliphatic carbocycles. The Morgan fingerprint density at radius 3 is 2.06 bits per heavy atom. The van der Waals surface area contributed by atoms with Crippen LogP contribution in [0.5, 0.6) is 0 Å². The highest BCUT2D eigenvalue weighted by atomic mass is 19.4. The molecule has 31 heavy (non-hydrogen) atoms. The van der Waals surface area contributed by atoms with Gasteiger partial charge >= 0.3 is 6.18 Å². The highest BCUT2D eigenvalue weighted by molar-refractivity contribution is 5.95. The lowest BCUT2D eigenvalue weighted by Crippen LogP contribution is -2.43. The number of amides is 1. The van der Waals surface area contributed by atoms with Crippen LogP contribution in [-0.4, -0.2) is 34.1 Å². The van der Waals surface area contributed by atoms with E-state index in [2.05, 4.69) is 4.98 Å². The zero-order valence-electron chi connectivity index (χ0n) is 17.6. The summed E-state index contributed by atoms with van der Waals surface area (Å²) in [6, 6.07) is 9.52. The van der Waals surface area contributed by atoms with Crippen molar-refractivity contribution in [2.75, 3.05) is 0 Å². The molecule has 1 heterocycles. The first kappa shape index (κ1) is 23.2. The third-order valence-corrected chi connectivity index (χ3v) is 5.92. The van der Waals surface area contributed by atoms with Gasteiger partial charge in [-0.3, -0.25) is 9.78 Å². The van der Waals surface area contributed by atoms with E-state index in [1.807, 2.05) is 4.90 Å². The van der Waals surface area contributed by atoms with Crippen LogP contribution in [0.3, 0.4) is 0 Å². The second-order valence-corrected chi connectivity index (χ2v) is 8.29. The maximum absolute atomic E-state index is 12.9. The number of carbonyl (C=O) groups excluding carboxylic acids is 1. The molecule has 1 amide bonds. The predicted molar refractivity (Wildman–Crippen MR) is 111 cm³/mol. The summed E-state index contributed by atoms with van der Waals surface area (Å²) in [5.41, 5.74) is 0.709. The Kier molecular flexibility index (Phi) is 7.68. The van der Waals surface area contributed by atoms with Crippen LogP contribution >= 0.6 is 0 Å². The third-order valence-electron chi connectivity index (χ3n) is 5.92. The summed E-state index contributed by atoms with van der Waals surface area (Å²) < 4.78 is 50.3. The van der Waals surface area contributed by atoms with Gasteiger partial charge in [0.2, 0.25) is 0 Å². The molecule has 0 N–H and O–H groups in total. The van der Waals surface area contributed by atoms with Crippen molar-refractivity contribution >= 4 is 5.91 Å². The van der Waals surface area contributed by atoms with E-state index in [4.69, 9.17) is 0 Å². The van der Waals surface area contributed by atoms with E-state index in [1.165, 1.54) is 37.0 Å². The van der Waals surface area contributed by atoms with E-state index >= 15 is 0 Å². The van der Waals surface area contributed by atoms with Crippen molar-refractivity contribution in [3.63, 3.8) is 0 Å². The van der Waals surface area contributed by atoms with E-state index < -0.39 is 12.1 Å². The first-order chi connectivity index (χ1) is 14.8. The van der Waals surface area contributed by atoms with Crippen molar-refractivity contribution in [3.05, 3.63) is 65.7 Å². The Morgan fingerprint density at radius 1 is 1.00 bits per heavy atom. The number of alkyl halides is 3. The molecule has 0 saturated heterocycles. The lowest BCUT2D eigenvalue weighted by atomic mass is 9.93. The van der Waals surface area contributed by atoms with E-state index in [9.17, 15) is 22.4 Å². The van der Waals surface area contributed by atoms with E-state index in [1.54, 1.807) is 18.2 Å². The second kappa shape index (κ2) is 10.2. The fraction of sp³-hybridized carbons (Fsp3) is 0.500. The maximum Gasteiger partial charge on any atom is 0.395 e. The van der Waals surface area contributed by atoms with Crippen LogP contribution in [0, 0.1) is 5.82 Å². The Morgan fingerprint density at radius 2 is 1.61 bits per heavy atom. The van der Waals surface area contributed by atoms with Gasteiger partial charge in [-0.2, -0.15) is 13.2 Å². The van der Waals surface area contributed by atoms with Gasteiger partial charge in [-0.25, -0.2) is 4.39 Å². The summed E-state index contributed by atoms with van der Waals surface area (Å²) in [4.78, 5) is 18.4. The third kappa shape index (κ3) is 6.52. The molecule has 1 aromatic carbocycles. The van der Waals surface area contributed by atoms with Crippen molar-refractivity contribution in [2.45, 2.75) is 76.0 Å². The van der Waals surface area contributed by atoms with Crippen molar-refractivity contribution in [3.8, 4) is 0 Å². The number of hydrogen-bond acceptors (Lipinski definition) is 2. The maximum atomic E-state index is 12.9. The predicted octanol–water partition coefficient (Wildman–Crippen LogP) is 6.51. The Hall–Kier alpha value is -2.44. The molecule has 2 aromatic rings. The van der Waals surface area contributed by atoms with Gasteiger partial charge in [-0.15, -0.1) is 0 Å². The first-order valence-electron chi connectivity index (χ1n) is 10.8. The molecule has 3 nitrogen and oxygen atoms in total. The summed E-state index contributed by atoms with van der Waals surface area (Å²) in [6.45, 7) is 1.15. The summed E-state index contributed by atoms with van der Waals surface area (Å²) >= 11 is 0. The minimum absolute atomic E-state index is 0.0180. The van der Waals surface area contributed by atoms with Crippen LogP contribution in [-0.2, 0) is 0 Å². The molecular weight excluding hydrogens is 408 g/mol. The highest BCUT2D eigenvalue weighted by Gasteiger charge is 2.39. The molecule has 1 aromatic heterocycles. The van der Waals surface area contributed by atoms with Crippen LogP contribution < -0.4 is 0 Å². The quantitative estimate of drug-likeness (QED) is 0.512. The number of carbonyl (C=O) groups is 1. The molecule has 7 heteroatoms. The number of aromatic nitrogens is 1. The molecule has 2 fully saturated rings. The molecule has 168 valence electrons. The summed E-state index contributed by atoms with van der Waals surface area (Å²) in [5, 5.41) is 0. The molecular formula is C24H28F4N2O. The average molecular weight is 436 g/mol. The van der Waals surface area contributed by atoms with Crippen LogP contribution in [0.15, 0.2) is 48.8 Å². The Bertz CT molecular complexity index is 829. The monoisotopic (exact) mass is 436 g/mol. The Balaban J connectivity index is 0.000000330. The van der Waals surface area contributed by atoms with Crippen LogP contribution in [0.2, 0.25) is 0 Å². The van der Waals surface area contributed by atoms with Gasteiger partial charge in [0.15, 0.2) is 0 Å². The minimum Gasteiger partial charge on any atom is -0.333 e. The molecule has 0 aliphatic heterocycles. The molecule has 1 atom stereocenters. The molecule has 4 rings (SSSR count). The number of nitrogens with zero attached hydrogens (tertiary/aromatic N) is 2. The smallest absolute Gasteiger partial charge is 0.333 e. The van der Waals surface area contributed by atoms with Crippen molar-refractivity contribution in [2.24, 2.45) is 0 Å². The molecule has 2 saturated carbocycles. The number of pyridine rings is 1. The number of halogens is 4. The summed E-state index contributed by atoms with van der Waals surface area (Å²) in [7, 11) is 0. The van der Waals surface area contributed by atoms with Gasteiger partial charge in [-0.05, 0) is 62.4 Å². The topological polar surface area (TPSA) is 33.2 Å². The molecule has 0 spiro atoms. The van der Waals surface area contributed by atoms with Crippen molar-refractivity contribution in [1.29, 1.82) is 0 Å². The summed E-state index contributed by atoms with van der Waals surface area (Å²) in [5.74, 6) is -1.82. The molecule has 2 aliphatic rings. The largest absolute Gasteiger partial charge is 0.395 e. The van der Waals surface area contributed by atoms with Gasteiger partial charge in [0.1, 0.15) is 5.82 Å². The molecule has 1 unspecified atom stereocenters. The molecule has 0 bridgehead atoms. The van der Waals surface area contributed by atoms with Crippen LogP contribution in [0.4, 0.5) is 17.6 Å². The Labute approximate surface area is 180 Å². The number of benzene rings is 1. The second-order valence-electron chi connectivity index (χ2n) is 8.29. The first-order valence-corrected chi connectivity index (χ1v) is 10.8. The van der Waals surface area contributed by atoms with Crippen molar-refractivity contribution < 1.29 is 22.4 Å². The van der Waals surface area contributed by atoms with Crippen LogP contribution in [0.1, 0.15) is 73.7 Å². The number of hydrogen-bond donors (Lipinski definition) is 0. The molecule has 0 radical (unpaired) electrons. The lowest BCUT2D eigenvalue weighted by molar-refractivity contribution is -0.146. The van der Waals surface area contributed by atoms with E-state index in [0.717, 1.165) is 45.4 Å². The van der Waals surface area contributed by atoms with Gasteiger partial charge in [-0.1, -0.05) is 31.4 Å². The van der Waals surface area contributed by atoms with Crippen molar-refractivity contribution in [1.82, 2.24) is 9.88 Å². The standard InChI is InChI=1S/C19H24F3NO.C5H4FN/c1-13(19(20,21)22)14-7-9-15(10-8-14)18(24)23(17-11-12-17)16-5-3-2-4-6-16;6-5-2-1-3-7-4-5/h7-10,13,16-17H,2-6,11-12H2,1H3;1-4H. The zero-order valence-corrected chi connectivity index (χ0v) is 17.6. The van der Waals surface area contributed by atoms with E-state index in [-0.39, 0.29) is 17.3 Å². The normalized spacial score (nSPS) is 18.0. The van der Waals surface area contributed by atoms with Crippen LogP contribution in [0.25, 0.3) is 0 Å². The minimum atomic E-state index is -4.26. The van der Waals surface area contributed by atoms with Gasteiger partial charge in [0.05, 0.1) is 12.1 Å². The fourth-order valence-corrected chi connectivity index (χ4v) is 3.94. The van der Waals surface area contributed by atoms with Gasteiger partial charge in [0, 0.05) is 23.8 Å². The fourth-order valence-electron chi connectivity index (χ4n) is 3.94. The average Bonchev–Trinajstić information content (AvgIpc) is 3.60. The lowest BCUT2D eigenvalue weighted by Gasteiger charge is -2.34. The summed E-state index contributed by atoms with van der Waals surface area (Å²) in [6.07, 6.45) is 6.17. The highest BCUT2D eigenvalue weighted by Crippen LogP contribution is 2.36. The zero-order chi connectivity index (χ0) is 22.4. The van der Waals surface area contributed by atoms with E-state index in [0.29, 0.717) is 17.6 Å². The van der Waals surface area contributed by atoms with Gasteiger partial charge in [0.25, 0.3) is 5.91 Å².